The van der Waals surface area contributed by atoms with Gasteiger partial charge in [-0.3, -0.25) is 9.69 Å². The number of amides is 1. The summed E-state index contributed by atoms with van der Waals surface area (Å²) in [4.78, 5) is 17.2. The minimum Gasteiger partial charge on any atom is -0.397 e. The fraction of sp³-hybridized carbons (Fsp3) is 0.500. The lowest BCUT2D eigenvalue weighted by Crippen LogP contribution is -2.43. The number of nitrogen functional groups attached to an aromatic ring is 1. The van der Waals surface area contributed by atoms with Crippen LogP contribution in [0.1, 0.15) is 12.8 Å². The maximum absolute atomic E-state index is 10.9. The van der Waals surface area contributed by atoms with Crippen LogP contribution >= 0.6 is 15.9 Å². The number of likely N-dealkylation sites (tertiary alicyclic amines) is 1. The van der Waals surface area contributed by atoms with Crippen LogP contribution in [0.4, 0.5) is 11.5 Å². The highest BCUT2D eigenvalue weighted by atomic mass is 79.9. The first kappa shape index (κ1) is 14.1. The standard InChI is InChI=1S/C12H18BrN5O/c13-10-5-8(14)6-16-12(10)17-9-1-3-18(4-2-9)7-11(15)19/h5-6,9H,1-4,7,14H2,(H2,15,19)(H,16,17). The molecule has 7 heteroatoms. The summed E-state index contributed by atoms with van der Waals surface area (Å²) in [5, 5.41) is 3.39. The first-order valence-electron chi connectivity index (χ1n) is 6.23. The van der Waals surface area contributed by atoms with Crippen LogP contribution in [0.5, 0.6) is 0 Å². The fourth-order valence-electron chi connectivity index (χ4n) is 2.21. The van der Waals surface area contributed by atoms with E-state index in [9.17, 15) is 4.79 Å². The molecule has 104 valence electrons. The molecule has 1 fully saturated rings. The molecule has 1 aromatic heterocycles. The van der Waals surface area contributed by atoms with Crippen molar-refractivity contribution in [2.24, 2.45) is 5.73 Å². The third-order valence-corrected chi connectivity index (χ3v) is 3.77. The maximum Gasteiger partial charge on any atom is 0.231 e. The second-order valence-corrected chi connectivity index (χ2v) is 5.61. The zero-order valence-corrected chi connectivity index (χ0v) is 12.2. The van der Waals surface area contributed by atoms with E-state index in [1.54, 1.807) is 6.20 Å². The first-order chi connectivity index (χ1) is 9.04. The molecule has 1 amide bonds. The van der Waals surface area contributed by atoms with E-state index in [1.165, 1.54) is 0 Å². The third-order valence-electron chi connectivity index (χ3n) is 3.17. The summed E-state index contributed by atoms with van der Waals surface area (Å²) in [5.74, 6) is 0.539. The smallest absolute Gasteiger partial charge is 0.231 e. The highest BCUT2D eigenvalue weighted by molar-refractivity contribution is 9.10. The van der Waals surface area contributed by atoms with Crippen molar-refractivity contribution in [3.05, 3.63) is 16.7 Å². The van der Waals surface area contributed by atoms with Crippen LogP contribution < -0.4 is 16.8 Å². The maximum atomic E-state index is 10.9. The molecule has 0 unspecified atom stereocenters. The molecular weight excluding hydrogens is 310 g/mol. The Bertz CT molecular complexity index is 459. The minimum atomic E-state index is -0.269. The third kappa shape index (κ3) is 4.07. The molecule has 0 atom stereocenters. The van der Waals surface area contributed by atoms with Gasteiger partial charge in [0.1, 0.15) is 5.82 Å². The summed E-state index contributed by atoms with van der Waals surface area (Å²) in [5.41, 5.74) is 11.5. The Morgan fingerprint density at radius 2 is 2.21 bits per heavy atom. The Morgan fingerprint density at radius 1 is 1.53 bits per heavy atom. The highest BCUT2D eigenvalue weighted by Gasteiger charge is 2.20. The summed E-state index contributed by atoms with van der Waals surface area (Å²) in [6, 6.07) is 2.19. The number of aromatic nitrogens is 1. The molecule has 1 aliphatic rings. The quantitative estimate of drug-likeness (QED) is 0.759. The van der Waals surface area contributed by atoms with E-state index in [-0.39, 0.29) is 5.91 Å². The Labute approximate surface area is 120 Å². The average Bonchev–Trinajstić information content (AvgIpc) is 2.34. The monoisotopic (exact) mass is 327 g/mol. The Hall–Kier alpha value is -1.34. The van der Waals surface area contributed by atoms with Gasteiger partial charge in [0, 0.05) is 19.1 Å². The van der Waals surface area contributed by atoms with E-state index in [1.807, 2.05) is 6.07 Å². The molecular formula is C12H18BrN5O. The Morgan fingerprint density at radius 3 is 2.79 bits per heavy atom. The molecule has 1 aromatic rings. The summed E-state index contributed by atoms with van der Waals surface area (Å²) < 4.78 is 0.868. The molecule has 0 radical (unpaired) electrons. The van der Waals surface area contributed by atoms with Crippen molar-refractivity contribution in [3.63, 3.8) is 0 Å². The topological polar surface area (TPSA) is 97.3 Å². The van der Waals surface area contributed by atoms with E-state index >= 15 is 0 Å². The van der Waals surface area contributed by atoms with Gasteiger partial charge < -0.3 is 16.8 Å². The number of hydrogen-bond acceptors (Lipinski definition) is 5. The molecule has 0 bridgehead atoms. The van der Waals surface area contributed by atoms with Crippen molar-refractivity contribution < 1.29 is 4.79 Å². The van der Waals surface area contributed by atoms with Gasteiger partial charge >= 0.3 is 0 Å². The number of piperidine rings is 1. The lowest BCUT2D eigenvalue weighted by Gasteiger charge is -2.31. The van der Waals surface area contributed by atoms with Crippen LogP contribution in [0.3, 0.4) is 0 Å². The number of nitrogens with two attached hydrogens (primary N) is 2. The Balaban J connectivity index is 1.87. The largest absolute Gasteiger partial charge is 0.397 e. The van der Waals surface area contributed by atoms with Crippen LogP contribution in [0.25, 0.3) is 0 Å². The molecule has 0 saturated carbocycles. The molecule has 2 heterocycles. The van der Waals surface area contributed by atoms with Gasteiger partial charge in [0.2, 0.25) is 5.91 Å². The normalized spacial score (nSPS) is 17.3. The van der Waals surface area contributed by atoms with E-state index in [4.69, 9.17) is 11.5 Å². The zero-order chi connectivity index (χ0) is 13.8. The molecule has 6 nitrogen and oxygen atoms in total. The van der Waals surface area contributed by atoms with E-state index in [2.05, 4.69) is 31.1 Å². The molecule has 1 aliphatic heterocycles. The van der Waals surface area contributed by atoms with Gasteiger partial charge in [-0.15, -0.1) is 0 Å². The number of nitrogens with zero attached hydrogens (tertiary/aromatic N) is 2. The number of primary amides is 1. The Kier molecular flexibility index (Phi) is 4.60. The van der Waals surface area contributed by atoms with Gasteiger partial charge in [-0.05, 0) is 34.8 Å². The van der Waals surface area contributed by atoms with Gasteiger partial charge in [0.05, 0.1) is 22.9 Å². The van der Waals surface area contributed by atoms with Gasteiger partial charge in [-0.25, -0.2) is 4.98 Å². The lowest BCUT2D eigenvalue weighted by molar-refractivity contribution is -0.119. The summed E-state index contributed by atoms with van der Waals surface area (Å²) in [6.45, 7) is 2.08. The van der Waals surface area contributed by atoms with Crippen LogP contribution in [0.2, 0.25) is 0 Å². The highest BCUT2D eigenvalue weighted by Crippen LogP contribution is 2.24. The molecule has 0 spiro atoms. The predicted molar refractivity (Wildman–Crippen MR) is 78.6 cm³/mol. The van der Waals surface area contributed by atoms with Crippen LogP contribution in [-0.2, 0) is 4.79 Å². The molecule has 0 aromatic carbocycles. The first-order valence-corrected chi connectivity index (χ1v) is 7.02. The number of nitrogens with one attached hydrogen (secondary N) is 1. The van der Waals surface area contributed by atoms with Gasteiger partial charge in [-0.1, -0.05) is 0 Å². The van der Waals surface area contributed by atoms with Crippen molar-refractivity contribution >= 4 is 33.3 Å². The fourth-order valence-corrected chi connectivity index (χ4v) is 2.69. The van der Waals surface area contributed by atoms with E-state index in [0.717, 1.165) is 36.2 Å². The molecule has 19 heavy (non-hydrogen) atoms. The summed E-state index contributed by atoms with van der Waals surface area (Å²) in [6.07, 6.45) is 3.56. The van der Waals surface area contributed by atoms with Crippen LogP contribution in [-0.4, -0.2) is 41.5 Å². The average molecular weight is 328 g/mol. The predicted octanol–water partition coefficient (Wildman–Crippen LogP) is 0.788. The molecule has 0 aliphatic carbocycles. The SMILES string of the molecule is NC(=O)CN1CCC(Nc2ncc(N)cc2Br)CC1. The second-order valence-electron chi connectivity index (χ2n) is 4.76. The molecule has 5 N–H and O–H groups in total. The molecule has 2 rings (SSSR count). The number of halogens is 1. The van der Waals surface area contributed by atoms with Gasteiger partial charge in [-0.2, -0.15) is 0 Å². The number of hydrogen-bond donors (Lipinski definition) is 3. The van der Waals surface area contributed by atoms with Crippen molar-refractivity contribution in [1.82, 2.24) is 9.88 Å². The number of pyridine rings is 1. The van der Waals surface area contributed by atoms with Gasteiger partial charge in [0.15, 0.2) is 0 Å². The van der Waals surface area contributed by atoms with E-state index in [0.29, 0.717) is 18.3 Å². The summed E-state index contributed by atoms with van der Waals surface area (Å²) in [7, 11) is 0. The number of carbonyl (C=O) groups is 1. The lowest BCUT2D eigenvalue weighted by atomic mass is 10.1. The van der Waals surface area contributed by atoms with Crippen LogP contribution in [0, 0.1) is 0 Å². The molecule has 1 saturated heterocycles. The second kappa shape index (κ2) is 6.21. The van der Waals surface area contributed by atoms with Crippen LogP contribution in [0.15, 0.2) is 16.7 Å². The van der Waals surface area contributed by atoms with Crippen molar-refractivity contribution in [2.45, 2.75) is 18.9 Å². The number of anilines is 2. The van der Waals surface area contributed by atoms with Gasteiger partial charge in [0.25, 0.3) is 0 Å². The number of carbonyl (C=O) groups excluding carboxylic acids is 1. The number of rotatable bonds is 4. The van der Waals surface area contributed by atoms with Crippen molar-refractivity contribution in [1.29, 1.82) is 0 Å². The van der Waals surface area contributed by atoms with Crippen molar-refractivity contribution in [2.75, 3.05) is 30.7 Å². The summed E-state index contributed by atoms with van der Waals surface area (Å²) >= 11 is 3.44. The van der Waals surface area contributed by atoms with E-state index < -0.39 is 0 Å². The minimum absolute atomic E-state index is 0.269. The van der Waals surface area contributed by atoms with Crippen molar-refractivity contribution in [3.8, 4) is 0 Å². The zero-order valence-electron chi connectivity index (χ0n) is 10.6.